The third-order valence-electron chi connectivity index (χ3n) is 15.7. The second-order valence-corrected chi connectivity index (χ2v) is 22.9. The SMILES string of the molecule is CCCCCCCC/C=C\CCCCCCCCCC(=O)NC(COC1OC(CO)C(OC2OC(CO)C(O)C(O)C2O)C(O)C1O)C(O)/C=C/CC/C=C/CC/C=C/CCCCCCCCCCCCCCCCCCCC. The van der Waals surface area contributed by atoms with Gasteiger partial charge in [-0.15, -0.1) is 0 Å². The molecule has 0 spiro atoms. The summed E-state index contributed by atoms with van der Waals surface area (Å²) in [5, 5.41) is 87.2. The number of hydrogen-bond donors (Lipinski definition) is 9. The summed E-state index contributed by atoms with van der Waals surface area (Å²) in [6.07, 6.45) is 47.4. The number of hydrogen-bond acceptors (Lipinski definition) is 13. The lowest BCUT2D eigenvalue weighted by atomic mass is 9.97. The maximum absolute atomic E-state index is 13.3. The molecule has 2 fully saturated rings. The van der Waals surface area contributed by atoms with Crippen molar-refractivity contribution in [3.63, 3.8) is 0 Å². The van der Waals surface area contributed by atoms with E-state index in [0.29, 0.717) is 12.8 Å². The van der Waals surface area contributed by atoms with E-state index in [-0.39, 0.29) is 18.9 Å². The first-order valence-electron chi connectivity index (χ1n) is 32.4. The molecular formula is C65H119NO13. The number of rotatable bonds is 52. The molecule has 12 atom stereocenters. The largest absolute Gasteiger partial charge is 0.394 e. The van der Waals surface area contributed by atoms with Crippen LogP contribution in [-0.4, -0.2) is 140 Å². The van der Waals surface area contributed by atoms with Crippen LogP contribution in [0.2, 0.25) is 0 Å². The molecule has 0 bridgehead atoms. The molecule has 2 aliphatic rings. The lowest BCUT2D eigenvalue weighted by Crippen LogP contribution is -2.65. The molecule has 0 radical (unpaired) electrons. The Morgan fingerprint density at radius 1 is 0.443 bits per heavy atom. The zero-order valence-electron chi connectivity index (χ0n) is 49.9. The van der Waals surface area contributed by atoms with Crippen molar-refractivity contribution in [3.8, 4) is 0 Å². The Bertz CT molecular complexity index is 1510. The Kier molecular flexibility index (Phi) is 46.7. The Labute approximate surface area is 480 Å². The minimum Gasteiger partial charge on any atom is -0.394 e. The van der Waals surface area contributed by atoms with Crippen molar-refractivity contribution >= 4 is 5.91 Å². The Morgan fingerprint density at radius 2 is 0.810 bits per heavy atom. The first kappa shape index (κ1) is 73.1. The van der Waals surface area contributed by atoms with Gasteiger partial charge in [-0.3, -0.25) is 4.79 Å². The molecular weight excluding hydrogens is 1000 g/mol. The Balaban J connectivity index is 1.74. The molecule has 462 valence electrons. The monoisotopic (exact) mass is 1120 g/mol. The van der Waals surface area contributed by atoms with Crippen molar-refractivity contribution < 1.29 is 64.6 Å². The van der Waals surface area contributed by atoms with Crippen LogP contribution in [0, 0.1) is 0 Å². The predicted molar refractivity (Wildman–Crippen MR) is 318 cm³/mol. The van der Waals surface area contributed by atoms with Gasteiger partial charge in [-0.05, 0) is 70.6 Å². The van der Waals surface area contributed by atoms with Gasteiger partial charge in [-0.1, -0.05) is 236 Å². The number of ether oxygens (including phenoxy) is 4. The molecule has 14 heteroatoms. The number of aliphatic hydroxyl groups is 8. The number of carbonyl (C=O) groups excluding carboxylic acids is 1. The fourth-order valence-electron chi connectivity index (χ4n) is 10.5. The van der Waals surface area contributed by atoms with Gasteiger partial charge < -0.3 is 65.1 Å². The summed E-state index contributed by atoms with van der Waals surface area (Å²) in [7, 11) is 0. The van der Waals surface area contributed by atoms with Gasteiger partial charge in [-0.2, -0.15) is 0 Å². The average molecular weight is 1120 g/mol. The lowest BCUT2D eigenvalue weighted by molar-refractivity contribution is -0.359. The van der Waals surface area contributed by atoms with Crippen molar-refractivity contribution in [2.24, 2.45) is 0 Å². The fourth-order valence-corrected chi connectivity index (χ4v) is 10.5. The smallest absolute Gasteiger partial charge is 0.220 e. The highest BCUT2D eigenvalue weighted by Gasteiger charge is 2.51. The highest BCUT2D eigenvalue weighted by molar-refractivity contribution is 5.76. The van der Waals surface area contributed by atoms with E-state index in [0.717, 1.165) is 51.4 Å². The minimum atomic E-state index is -1.79. The van der Waals surface area contributed by atoms with Crippen LogP contribution < -0.4 is 5.32 Å². The van der Waals surface area contributed by atoms with Crippen LogP contribution in [0.15, 0.2) is 48.6 Å². The van der Waals surface area contributed by atoms with Gasteiger partial charge in [0, 0.05) is 6.42 Å². The lowest BCUT2D eigenvalue weighted by Gasteiger charge is -2.46. The third-order valence-corrected chi connectivity index (χ3v) is 15.7. The van der Waals surface area contributed by atoms with Gasteiger partial charge in [0.05, 0.1) is 32.0 Å². The van der Waals surface area contributed by atoms with Crippen LogP contribution in [0.1, 0.15) is 264 Å². The van der Waals surface area contributed by atoms with Gasteiger partial charge in [0.2, 0.25) is 5.91 Å². The molecule has 0 aliphatic carbocycles. The van der Waals surface area contributed by atoms with Crippen LogP contribution in [0.3, 0.4) is 0 Å². The predicted octanol–water partition coefficient (Wildman–Crippen LogP) is 12.0. The minimum absolute atomic E-state index is 0.257. The van der Waals surface area contributed by atoms with Crippen LogP contribution in [-0.2, 0) is 23.7 Å². The molecule has 2 aliphatic heterocycles. The zero-order valence-corrected chi connectivity index (χ0v) is 49.9. The standard InChI is InChI=1S/C65H119NO13/c1-3-5-7-9-11-13-15-17-19-21-22-23-24-25-26-27-28-29-30-31-33-34-36-38-40-42-44-46-48-54(69)53(66-57(70)49-47-45-43-41-39-37-35-32-20-18-16-14-12-10-8-6-4-2)52-76-64-62(75)60(73)63(56(51-68)78-64)79-65-61(74)59(72)58(71)55(50-67)77-65/h18,20,31,33,38,40,46,48,53-56,58-65,67-69,71-75H,3-17,19,21-30,32,34-37,39,41-45,47,49-52H2,1-2H3,(H,66,70)/b20-18-,33-31+,40-38+,48-46+. The van der Waals surface area contributed by atoms with Crippen LogP contribution in [0.4, 0.5) is 0 Å². The second kappa shape index (κ2) is 50.5. The summed E-state index contributed by atoms with van der Waals surface area (Å²) in [6.45, 7) is 2.79. The van der Waals surface area contributed by atoms with E-state index in [2.05, 4.69) is 55.6 Å². The van der Waals surface area contributed by atoms with Gasteiger partial charge in [0.1, 0.15) is 48.8 Å². The van der Waals surface area contributed by atoms with Crippen molar-refractivity contribution in [2.45, 2.75) is 338 Å². The average Bonchev–Trinajstić information content (AvgIpc) is 3.47. The molecule has 2 heterocycles. The van der Waals surface area contributed by atoms with Crippen molar-refractivity contribution in [1.82, 2.24) is 5.32 Å². The summed E-state index contributed by atoms with van der Waals surface area (Å²) >= 11 is 0. The molecule has 1 amide bonds. The number of aliphatic hydroxyl groups excluding tert-OH is 8. The van der Waals surface area contributed by atoms with Crippen LogP contribution >= 0.6 is 0 Å². The normalized spacial score (nSPS) is 24.7. The third kappa shape index (κ3) is 35.6. The number of allylic oxidation sites excluding steroid dienone is 7. The zero-order chi connectivity index (χ0) is 57.4. The molecule has 14 nitrogen and oxygen atoms in total. The maximum Gasteiger partial charge on any atom is 0.220 e. The van der Waals surface area contributed by atoms with Crippen molar-refractivity contribution in [3.05, 3.63) is 48.6 Å². The summed E-state index contributed by atoms with van der Waals surface area (Å²) < 4.78 is 22.8. The van der Waals surface area contributed by atoms with Gasteiger partial charge >= 0.3 is 0 Å². The summed E-state index contributed by atoms with van der Waals surface area (Å²) in [4.78, 5) is 13.3. The van der Waals surface area contributed by atoms with E-state index in [1.165, 1.54) is 180 Å². The summed E-state index contributed by atoms with van der Waals surface area (Å²) in [5.74, 6) is -0.257. The molecule has 2 saturated heterocycles. The number of carbonyl (C=O) groups is 1. The fraction of sp³-hybridized carbons (Fsp3) is 0.862. The Hall–Kier alpha value is -2.05. The molecule has 12 unspecified atom stereocenters. The molecule has 79 heavy (non-hydrogen) atoms. The van der Waals surface area contributed by atoms with Crippen molar-refractivity contribution in [2.75, 3.05) is 19.8 Å². The highest BCUT2D eigenvalue weighted by atomic mass is 16.7. The number of unbranched alkanes of at least 4 members (excludes halogenated alkanes) is 33. The highest BCUT2D eigenvalue weighted by Crippen LogP contribution is 2.30. The molecule has 0 aromatic heterocycles. The molecule has 0 saturated carbocycles. The van der Waals surface area contributed by atoms with Gasteiger partial charge in [0.25, 0.3) is 0 Å². The number of nitrogens with one attached hydrogen (secondary N) is 1. The van der Waals surface area contributed by atoms with Gasteiger partial charge in [0.15, 0.2) is 12.6 Å². The van der Waals surface area contributed by atoms with E-state index in [4.69, 9.17) is 18.9 Å². The topological polar surface area (TPSA) is 228 Å². The van der Waals surface area contributed by atoms with E-state index >= 15 is 0 Å². The molecule has 2 rings (SSSR count). The second-order valence-electron chi connectivity index (χ2n) is 22.9. The molecule has 0 aromatic rings. The molecule has 9 N–H and O–H groups in total. The first-order chi connectivity index (χ1) is 38.6. The van der Waals surface area contributed by atoms with E-state index in [1.807, 2.05) is 6.08 Å². The van der Waals surface area contributed by atoms with E-state index < -0.39 is 86.8 Å². The van der Waals surface area contributed by atoms with Gasteiger partial charge in [-0.25, -0.2) is 0 Å². The number of amides is 1. The maximum atomic E-state index is 13.3. The van der Waals surface area contributed by atoms with Crippen molar-refractivity contribution in [1.29, 1.82) is 0 Å². The quantitative estimate of drug-likeness (QED) is 0.0204. The van der Waals surface area contributed by atoms with E-state index in [9.17, 15) is 45.6 Å². The summed E-state index contributed by atoms with van der Waals surface area (Å²) in [6, 6.07) is -0.941. The first-order valence-corrected chi connectivity index (χ1v) is 32.4. The van der Waals surface area contributed by atoms with Crippen LogP contribution in [0.5, 0.6) is 0 Å². The summed E-state index contributed by atoms with van der Waals surface area (Å²) in [5.41, 5.74) is 0. The van der Waals surface area contributed by atoms with Crippen LogP contribution in [0.25, 0.3) is 0 Å². The van der Waals surface area contributed by atoms with E-state index in [1.54, 1.807) is 6.08 Å². The Morgan fingerprint density at radius 3 is 1.24 bits per heavy atom. The molecule has 0 aromatic carbocycles.